The number of hydrogen-bond donors (Lipinski definition) is 1. The molecule has 1 N–H and O–H groups in total. The van der Waals surface area contributed by atoms with Gasteiger partial charge < -0.3 is 39.0 Å². The molecule has 44 heavy (non-hydrogen) atoms. The molecular formula is C33H36N4O7. The third-order valence-corrected chi connectivity index (χ3v) is 8.60. The number of amides is 3. The summed E-state index contributed by atoms with van der Waals surface area (Å²) in [5, 5.41) is 2.95. The number of nitrogens with zero attached hydrogens (tertiary/aromatic N) is 3. The number of benzene rings is 3. The van der Waals surface area contributed by atoms with Crippen LogP contribution in [0.4, 0.5) is 5.69 Å². The monoisotopic (exact) mass is 600 g/mol. The number of carbonyl (C=O) groups excluding carboxylic acids is 3. The average Bonchev–Trinajstić information content (AvgIpc) is 3.63. The van der Waals surface area contributed by atoms with Crippen molar-refractivity contribution in [3.05, 3.63) is 77.9 Å². The van der Waals surface area contributed by atoms with Gasteiger partial charge in [-0.05, 0) is 67.3 Å². The van der Waals surface area contributed by atoms with Crippen LogP contribution < -0.4 is 29.2 Å². The van der Waals surface area contributed by atoms with E-state index >= 15 is 0 Å². The normalized spacial score (nSPS) is 16.8. The molecule has 230 valence electrons. The largest absolute Gasteiger partial charge is 0.493 e. The summed E-state index contributed by atoms with van der Waals surface area (Å²) in [6, 6.07) is 20.6. The number of hydrogen-bond acceptors (Lipinski definition) is 8. The van der Waals surface area contributed by atoms with Gasteiger partial charge in [0, 0.05) is 30.9 Å². The van der Waals surface area contributed by atoms with E-state index in [4.69, 9.17) is 18.9 Å². The van der Waals surface area contributed by atoms with Gasteiger partial charge in [-0.2, -0.15) is 0 Å². The zero-order chi connectivity index (χ0) is 30.7. The Morgan fingerprint density at radius 3 is 2.41 bits per heavy atom. The third kappa shape index (κ3) is 5.57. The Bertz CT molecular complexity index is 1540. The van der Waals surface area contributed by atoms with Crippen LogP contribution >= 0.6 is 0 Å². The van der Waals surface area contributed by atoms with Crippen LogP contribution in [0.25, 0.3) is 0 Å². The number of likely N-dealkylation sites (tertiary alicyclic amines) is 1. The fourth-order valence-electron chi connectivity index (χ4n) is 6.23. The molecule has 0 saturated carbocycles. The fraction of sp³-hybridized carbons (Fsp3) is 0.364. The van der Waals surface area contributed by atoms with Crippen molar-refractivity contribution in [2.24, 2.45) is 0 Å². The van der Waals surface area contributed by atoms with Crippen molar-refractivity contribution in [1.82, 2.24) is 15.1 Å². The first-order valence-electron chi connectivity index (χ1n) is 14.7. The number of para-hydroxylation sites is 1. The molecule has 11 nitrogen and oxygen atoms in total. The van der Waals surface area contributed by atoms with E-state index in [0.29, 0.717) is 74.1 Å². The standard InChI is InChI=1S/C33H36N4O7/c1-41-26-10-8-23(18-28(26)42-2)12-15-34-30(38)20-36-21-37(25-6-4-3-5-7-25)33(32(36)40)13-16-35(17-14-33)31(39)24-9-11-27-29(19-24)44-22-43-27/h3-11,18-19H,12-17,20-22H2,1-2H3,(H,34,38). The van der Waals surface area contributed by atoms with Crippen LogP contribution in [0, 0.1) is 0 Å². The van der Waals surface area contributed by atoms with Gasteiger partial charge in [-0.3, -0.25) is 14.4 Å². The second-order valence-electron chi connectivity index (χ2n) is 11.1. The van der Waals surface area contributed by atoms with Crippen molar-refractivity contribution in [3.63, 3.8) is 0 Å². The first kappa shape index (κ1) is 29.2. The smallest absolute Gasteiger partial charge is 0.253 e. The fourth-order valence-corrected chi connectivity index (χ4v) is 6.23. The molecule has 0 aromatic heterocycles. The molecule has 11 heteroatoms. The van der Waals surface area contributed by atoms with Gasteiger partial charge in [0.15, 0.2) is 23.0 Å². The van der Waals surface area contributed by atoms with Gasteiger partial charge in [-0.25, -0.2) is 0 Å². The summed E-state index contributed by atoms with van der Waals surface area (Å²) in [6.07, 6.45) is 1.51. The Balaban J connectivity index is 1.11. The van der Waals surface area contributed by atoms with E-state index in [9.17, 15) is 14.4 Å². The lowest BCUT2D eigenvalue weighted by atomic mass is 9.85. The maximum atomic E-state index is 14.0. The maximum absolute atomic E-state index is 14.0. The Morgan fingerprint density at radius 1 is 0.909 bits per heavy atom. The van der Waals surface area contributed by atoms with Crippen molar-refractivity contribution in [3.8, 4) is 23.0 Å². The van der Waals surface area contributed by atoms with Crippen LogP contribution in [-0.4, -0.2) is 86.9 Å². The zero-order valence-corrected chi connectivity index (χ0v) is 24.9. The molecule has 3 aliphatic heterocycles. The number of methoxy groups -OCH3 is 2. The van der Waals surface area contributed by atoms with E-state index in [1.165, 1.54) is 0 Å². The van der Waals surface area contributed by atoms with Gasteiger partial charge in [0.1, 0.15) is 12.1 Å². The van der Waals surface area contributed by atoms with E-state index < -0.39 is 5.54 Å². The minimum Gasteiger partial charge on any atom is -0.493 e. The Morgan fingerprint density at radius 2 is 1.66 bits per heavy atom. The van der Waals surface area contributed by atoms with Gasteiger partial charge in [0.25, 0.3) is 11.8 Å². The predicted molar refractivity (Wildman–Crippen MR) is 162 cm³/mol. The average molecular weight is 601 g/mol. The van der Waals surface area contributed by atoms with Crippen LogP contribution in [0.3, 0.4) is 0 Å². The number of piperidine rings is 1. The molecule has 0 atom stereocenters. The topological polar surface area (TPSA) is 110 Å². The quantitative estimate of drug-likeness (QED) is 0.399. The van der Waals surface area contributed by atoms with Crippen molar-refractivity contribution >= 4 is 23.4 Å². The Labute approximate surface area is 256 Å². The highest BCUT2D eigenvalue weighted by Gasteiger charge is 2.54. The highest BCUT2D eigenvalue weighted by molar-refractivity contribution is 5.98. The van der Waals surface area contributed by atoms with Crippen molar-refractivity contribution < 1.29 is 33.3 Å². The second-order valence-corrected chi connectivity index (χ2v) is 11.1. The summed E-state index contributed by atoms with van der Waals surface area (Å²) in [7, 11) is 3.17. The summed E-state index contributed by atoms with van der Waals surface area (Å²) in [5.74, 6) is 2.04. The molecule has 3 amide bonds. The summed E-state index contributed by atoms with van der Waals surface area (Å²) < 4.78 is 21.5. The zero-order valence-electron chi connectivity index (χ0n) is 24.9. The highest BCUT2D eigenvalue weighted by Crippen LogP contribution is 2.40. The summed E-state index contributed by atoms with van der Waals surface area (Å²) >= 11 is 0. The summed E-state index contributed by atoms with van der Waals surface area (Å²) in [4.78, 5) is 45.9. The molecule has 0 radical (unpaired) electrons. The third-order valence-electron chi connectivity index (χ3n) is 8.60. The van der Waals surface area contributed by atoms with Gasteiger partial charge in [-0.1, -0.05) is 24.3 Å². The number of anilines is 1. The Hall–Kier alpha value is -4.93. The molecule has 1 spiro atoms. The van der Waals surface area contributed by atoms with Crippen LogP contribution in [0.1, 0.15) is 28.8 Å². The number of rotatable bonds is 9. The molecule has 3 heterocycles. The first-order chi connectivity index (χ1) is 21.4. The Kier molecular flexibility index (Phi) is 8.19. The van der Waals surface area contributed by atoms with Crippen LogP contribution in [0.15, 0.2) is 66.7 Å². The van der Waals surface area contributed by atoms with E-state index in [1.807, 2.05) is 48.5 Å². The molecule has 0 bridgehead atoms. The van der Waals surface area contributed by atoms with Crippen LogP contribution in [-0.2, 0) is 16.0 Å². The predicted octanol–water partition coefficient (Wildman–Crippen LogP) is 3.07. The maximum Gasteiger partial charge on any atom is 0.253 e. The molecule has 0 aliphatic carbocycles. The van der Waals surface area contributed by atoms with E-state index in [0.717, 1.165) is 11.3 Å². The molecule has 3 aliphatic rings. The lowest BCUT2D eigenvalue weighted by molar-refractivity contribution is -0.137. The SMILES string of the molecule is COc1ccc(CCNC(=O)CN2CN(c3ccccc3)C3(CCN(C(=O)c4ccc5c(c4)OCO5)CC3)C2=O)cc1OC. The van der Waals surface area contributed by atoms with E-state index in [2.05, 4.69) is 10.2 Å². The van der Waals surface area contributed by atoms with E-state index in [1.54, 1.807) is 42.2 Å². The molecule has 2 saturated heterocycles. The molecule has 3 aromatic carbocycles. The number of ether oxygens (including phenoxy) is 4. The molecule has 3 aromatic rings. The van der Waals surface area contributed by atoms with Crippen LogP contribution in [0.2, 0.25) is 0 Å². The minimum atomic E-state index is -0.840. The minimum absolute atomic E-state index is 0.0459. The van der Waals surface area contributed by atoms with Crippen molar-refractivity contribution in [2.75, 3.05) is 58.8 Å². The highest BCUT2D eigenvalue weighted by atomic mass is 16.7. The summed E-state index contributed by atoms with van der Waals surface area (Å²) in [5.41, 5.74) is 1.59. The van der Waals surface area contributed by atoms with Crippen molar-refractivity contribution in [1.29, 1.82) is 0 Å². The van der Waals surface area contributed by atoms with Gasteiger partial charge in [0.2, 0.25) is 12.7 Å². The molecule has 6 rings (SSSR count). The number of nitrogens with one attached hydrogen (secondary N) is 1. The van der Waals surface area contributed by atoms with E-state index in [-0.39, 0.29) is 31.1 Å². The lowest BCUT2D eigenvalue weighted by Gasteiger charge is -2.43. The number of carbonyl (C=O) groups is 3. The van der Waals surface area contributed by atoms with Gasteiger partial charge >= 0.3 is 0 Å². The lowest BCUT2D eigenvalue weighted by Crippen LogP contribution is -2.57. The van der Waals surface area contributed by atoms with Gasteiger partial charge in [-0.15, -0.1) is 0 Å². The second kappa shape index (κ2) is 12.4. The first-order valence-corrected chi connectivity index (χ1v) is 14.7. The van der Waals surface area contributed by atoms with Crippen LogP contribution in [0.5, 0.6) is 23.0 Å². The van der Waals surface area contributed by atoms with Crippen molar-refractivity contribution in [2.45, 2.75) is 24.8 Å². The molecule has 2 fully saturated rings. The molecular weight excluding hydrogens is 564 g/mol. The summed E-state index contributed by atoms with van der Waals surface area (Å²) in [6.45, 7) is 1.63. The molecule has 0 unspecified atom stereocenters. The van der Waals surface area contributed by atoms with Gasteiger partial charge in [0.05, 0.1) is 20.9 Å². The number of fused-ring (bicyclic) bond motifs is 1.